The molecule has 0 amide bonds. The fraction of sp³-hybridized carbons (Fsp3) is 0. The molecule has 0 saturated carbocycles. The van der Waals surface area contributed by atoms with Crippen LogP contribution in [0.15, 0.2) is 273 Å². The van der Waals surface area contributed by atoms with Crippen molar-refractivity contribution in [3.63, 3.8) is 0 Å². The first-order valence-corrected chi connectivity index (χ1v) is 26.2. The van der Waals surface area contributed by atoms with Gasteiger partial charge in [0.05, 0.1) is 38.8 Å². The zero-order chi connectivity index (χ0) is 46.2. The summed E-state index contributed by atoms with van der Waals surface area (Å²) in [5, 5.41) is 12.8. The number of benzene rings is 11. The van der Waals surface area contributed by atoms with Crippen LogP contribution in [0.5, 0.6) is 0 Å². The molecule has 0 aliphatic heterocycles. The number of hydrogen-bond acceptors (Lipinski definition) is 0. The summed E-state index contributed by atoms with van der Waals surface area (Å²) in [4.78, 5) is 0. The fourth-order valence-corrected chi connectivity index (χ4v) is 16.5. The van der Waals surface area contributed by atoms with E-state index in [1.807, 2.05) is 0 Å². The average molecular weight is 908 g/mol. The number of hydrogen-bond donors (Lipinski definition) is 0. The van der Waals surface area contributed by atoms with Gasteiger partial charge in [-0.25, -0.2) is 0 Å². The second kappa shape index (κ2) is 16.1. The molecule has 14 aromatic rings. The molecule has 11 aromatic carbocycles. The number of aromatic nitrogens is 3. The van der Waals surface area contributed by atoms with Crippen molar-refractivity contribution in [3.05, 3.63) is 273 Å². The predicted octanol–water partition coefficient (Wildman–Crippen LogP) is 14.0. The van der Waals surface area contributed by atoms with E-state index in [4.69, 9.17) is 0 Å². The Balaban J connectivity index is 0.985. The van der Waals surface area contributed by atoms with Gasteiger partial charge in [-0.1, -0.05) is 212 Å². The molecule has 3 heterocycles. The molecule has 3 aromatic heterocycles. The molecule has 0 N–H and O–H groups in total. The molecule has 0 aliphatic carbocycles. The molecule has 0 saturated heterocycles. The molecular formula is C66H45N3Si. The topological polar surface area (TPSA) is 14.8 Å². The lowest BCUT2D eigenvalue weighted by atomic mass is 10.0. The van der Waals surface area contributed by atoms with Gasteiger partial charge in [-0.15, -0.1) is 0 Å². The highest BCUT2D eigenvalue weighted by molar-refractivity contribution is 7.19. The Bertz CT molecular complexity index is 4170. The monoisotopic (exact) mass is 907 g/mol. The Labute approximate surface area is 407 Å². The summed E-state index contributed by atoms with van der Waals surface area (Å²) >= 11 is 0. The Morgan fingerprint density at radius 1 is 0.229 bits per heavy atom. The van der Waals surface area contributed by atoms with Crippen LogP contribution < -0.4 is 20.7 Å². The van der Waals surface area contributed by atoms with Gasteiger partial charge in [0.15, 0.2) is 8.07 Å². The summed E-state index contributed by atoms with van der Waals surface area (Å²) in [6.45, 7) is 0. The maximum absolute atomic E-state index is 2.72. The summed E-state index contributed by atoms with van der Waals surface area (Å²) in [6.07, 6.45) is 0. The van der Waals surface area contributed by atoms with E-state index in [1.165, 1.54) is 97.3 Å². The molecule has 70 heavy (non-hydrogen) atoms. The maximum atomic E-state index is 2.50. The number of rotatable bonds is 8. The minimum absolute atomic E-state index is 1.13. The molecule has 4 heteroatoms. The quantitative estimate of drug-likeness (QED) is 0.107. The van der Waals surface area contributed by atoms with Gasteiger partial charge < -0.3 is 13.7 Å². The second-order valence-corrected chi connectivity index (χ2v) is 22.2. The third-order valence-electron chi connectivity index (χ3n) is 14.8. The summed E-state index contributed by atoms with van der Waals surface area (Å²) in [7, 11) is -2.72. The Morgan fingerprint density at radius 3 is 1.29 bits per heavy atom. The molecule has 14 rings (SSSR count). The van der Waals surface area contributed by atoms with Gasteiger partial charge in [-0.2, -0.15) is 0 Å². The maximum Gasteiger partial charge on any atom is 0.179 e. The van der Waals surface area contributed by atoms with Gasteiger partial charge in [-0.3, -0.25) is 0 Å². The molecule has 328 valence electrons. The predicted molar refractivity (Wildman–Crippen MR) is 299 cm³/mol. The highest BCUT2D eigenvalue weighted by Crippen LogP contribution is 2.41. The average Bonchev–Trinajstić information content (AvgIpc) is 4.08. The van der Waals surface area contributed by atoms with Crippen LogP contribution in [-0.4, -0.2) is 21.8 Å². The van der Waals surface area contributed by atoms with Crippen molar-refractivity contribution in [2.24, 2.45) is 0 Å². The SMILES string of the molecule is c1ccc(-c2ccc3c4ccccc4n(-c4ccc5c(c4)c4ccccc4n5-c4cccc5c6ccccc6n(-c6ccc([Si](c7ccccc7)(c7ccccc7)c7ccccc7)cc6)c45)c3c2)cc1. The van der Waals surface area contributed by atoms with Crippen molar-refractivity contribution >= 4 is 94.2 Å². The normalized spacial score (nSPS) is 12.0. The van der Waals surface area contributed by atoms with E-state index >= 15 is 0 Å². The first-order valence-electron chi connectivity index (χ1n) is 24.2. The van der Waals surface area contributed by atoms with Gasteiger partial charge in [-0.05, 0) is 92.5 Å². The lowest BCUT2D eigenvalue weighted by Crippen LogP contribution is -2.74. The van der Waals surface area contributed by atoms with Crippen molar-refractivity contribution < 1.29 is 0 Å². The van der Waals surface area contributed by atoms with Crippen molar-refractivity contribution in [2.45, 2.75) is 0 Å². The molecule has 0 radical (unpaired) electrons. The molecule has 3 nitrogen and oxygen atoms in total. The van der Waals surface area contributed by atoms with E-state index in [1.54, 1.807) is 0 Å². The van der Waals surface area contributed by atoms with Gasteiger partial charge in [0.2, 0.25) is 0 Å². The van der Waals surface area contributed by atoms with E-state index in [-0.39, 0.29) is 0 Å². The van der Waals surface area contributed by atoms with Crippen LogP contribution >= 0.6 is 0 Å². The Morgan fingerprint density at radius 2 is 0.671 bits per heavy atom. The second-order valence-electron chi connectivity index (χ2n) is 18.4. The first kappa shape index (κ1) is 40.1. The van der Waals surface area contributed by atoms with E-state index in [0.717, 1.165) is 17.1 Å². The fourth-order valence-electron chi connectivity index (χ4n) is 11.8. The number of para-hydroxylation sites is 4. The molecule has 0 aliphatic rings. The minimum Gasteiger partial charge on any atom is -0.309 e. The third kappa shape index (κ3) is 6.00. The first-order chi connectivity index (χ1) is 34.8. The lowest BCUT2D eigenvalue weighted by molar-refractivity contribution is 1.13. The molecular weight excluding hydrogens is 863 g/mol. The van der Waals surface area contributed by atoms with Crippen molar-refractivity contribution in [1.29, 1.82) is 0 Å². The van der Waals surface area contributed by atoms with Crippen LogP contribution in [0, 0.1) is 0 Å². The largest absolute Gasteiger partial charge is 0.309 e. The number of nitrogens with zero attached hydrogens (tertiary/aromatic N) is 3. The highest BCUT2D eigenvalue weighted by atomic mass is 28.3. The summed E-state index contributed by atoms with van der Waals surface area (Å²) in [5.74, 6) is 0. The molecule has 0 unspecified atom stereocenters. The molecule has 0 atom stereocenters. The summed E-state index contributed by atoms with van der Waals surface area (Å²) < 4.78 is 7.45. The van der Waals surface area contributed by atoms with Crippen molar-refractivity contribution in [1.82, 2.24) is 13.7 Å². The zero-order valence-corrected chi connectivity index (χ0v) is 39.3. The highest BCUT2D eigenvalue weighted by Gasteiger charge is 2.41. The number of fused-ring (bicyclic) bond motifs is 9. The van der Waals surface area contributed by atoms with Crippen LogP contribution in [0.25, 0.3) is 93.6 Å². The van der Waals surface area contributed by atoms with Crippen LogP contribution in [-0.2, 0) is 0 Å². The van der Waals surface area contributed by atoms with E-state index < -0.39 is 8.07 Å². The van der Waals surface area contributed by atoms with Crippen molar-refractivity contribution in [2.75, 3.05) is 0 Å². The van der Waals surface area contributed by atoms with Gasteiger partial charge >= 0.3 is 0 Å². The van der Waals surface area contributed by atoms with E-state index in [2.05, 4.69) is 287 Å². The molecule has 0 spiro atoms. The molecule has 0 fully saturated rings. The van der Waals surface area contributed by atoms with Crippen LogP contribution in [0.4, 0.5) is 0 Å². The third-order valence-corrected chi connectivity index (χ3v) is 19.6. The zero-order valence-electron chi connectivity index (χ0n) is 38.3. The lowest BCUT2D eigenvalue weighted by Gasteiger charge is -2.34. The van der Waals surface area contributed by atoms with Gasteiger partial charge in [0.1, 0.15) is 0 Å². The molecule has 0 bridgehead atoms. The summed E-state index contributed by atoms with van der Waals surface area (Å²) in [5.41, 5.74) is 12.9. The smallest absolute Gasteiger partial charge is 0.179 e. The van der Waals surface area contributed by atoms with Crippen LogP contribution in [0.1, 0.15) is 0 Å². The van der Waals surface area contributed by atoms with E-state index in [9.17, 15) is 0 Å². The van der Waals surface area contributed by atoms with E-state index in [0.29, 0.717) is 0 Å². The summed E-state index contributed by atoms with van der Waals surface area (Å²) in [6, 6.07) is 101. The van der Waals surface area contributed by atoms with Crippen LogP contribution in [0.2, 0.25) is 0 Å². The van der Waals surface area contributed by atoms with Gasteiger partial charge in [0.25, 0.3) is 0 Å². The van der Waals surface area contributed by atoms with Crippen molar-refractivity contribution in [3.8, 4) is 28.2 Å². The minimum atomic E-state index is -2.72. The Kier molecular flexibility index (Phi) is 9.23. The van der Waals surface area contributed by atoms with Gasteiger partial charge in [0, 0.05) is 43.7 Å². The standard InChI is InChI=1S/C66H45N3Si/c1-5-20-46(21-6-1)47-36-42-57-54-28-13-16-32-60(54)67(65(57)44-47)49-39-43-63-59(45-49)56-30-15-18-34-62(56)69(63)64-35-19-31-58-55-29-14-17-33-61(55)68(66(58)64)48-37-40-53(41-38-48)70(50-22-7-2-8-23-50,51-24-9-3-10-25-51)52-26-11-4-12-27-52/h1-45H. The van der Waals surface area contributed by atoms with Crippen LogP contribution in [0.3, 0.4) is 0 Å². The Hall–Kier alpha value is -8.96.